The highest BCUT2D eigenvalue weighted by atomic mass is 32.2. The molecule has 2 aromatic carbocycles. The molecule has 0 unspecified atom stereocenters. The second kappa shape index (κ2) is 11.4. The number of imide groups is 1. The number of fused-ring (bicyclic) bond motifs is 2. The van der Waals surface area contributed by atoms with E-state index in [9.17, 15) is 22.8 Å². The Morgan fingerprint density at radius 3 is 2.50 bits per heavy atom. The second-order valence-corrected chi connectivity index (χ2v) is 12.6. The number of hydrogen-bond donors (Lipinski definition) is 2. The number of carbonyl (C=O) groups is 3. The molecule has 3 amide bonds. The molecule has 12 heteroatoms. The maximum absolute atomic E-state index is 13.5. The number of alkyl carbamates (subject to hydrolysis) is 1. The smallest absolute Gasteiger partial charge is 0.414 e. The average Bonchev–Trinajstić information content (AvgIpc) is 3.29. The molecule has 1 aromatic heterocycles. The molecule has 0 atom stereocenters. The predicted molar refractivity (Wildman–Crippen MR) is 153 cm³/mol. The monoisotopic (exact) mass is 582 g/mol. The molecule has 3 aromatic rings. The summed E-state index contributed by atoms with van der Waals surface area (Å²) in [6, 6.07) is 13.2. The molecule has 40 heavy (non-hydrogen) atoms. The molecule has 0 radical (unpaired) electrons. The predicted octanol–water partition coefficient (Wildman–Crippen LogP) is 4.02. The van der Waals surface area contributed by atoms with Gasteiger partial charge in [-0.25, -0.2) is 13.2 Å². The van der Waals surface area contributed by atoms with E-state index in [1.807, 2.05) is 31.3 Å². The first-order chi connectivity index (χ1) is 19.2. The van der Waals surface area contributed by atoms with Crippen molar-refractivity contribution in [1.82, 2.24) is 10.2 Å². The van der Waals surface area contributed by atoms with Crippen molar-refractivity contribution < 1.29 is 27.5 Å². The highest BCUT2D eigenvalue weighted by Gasteiger charge is 2.31. The fourth-order valence-corrected chi connectivity index (χ4v) is 7.87. The summed E-state index contributed by atoms with van der Waals surface area (Å²) < 4.78 is 33.2. The van der Waals surface area contributed by atoms with Gasteiger partial charge in [-0.05, 0) is 74.7 Å². The van der Waals surface area contributed by atoms with E-state index in [-0.39, 0.29) is 22.6 Å². The van der Waals surface area contributed by atoms with Crippen LogP contribution < -0.4 is 14.9 Å². The summed E-state index contributed by atoms with van der Waals surface area (Å²) in [6.07, 6.45) is 1.29. The van der Waals surface area contributed by atoms with E-state index >= 15 is 0 Å². The van der Waals surface area contributed by atoms with Crippen LogP contribution >= 0.6 is 11.3 Å². The van der Waals surface area contributed by atoms with Gasteiger partial charge in [0.1, 0.15) is 5.00 Å². The van der Waals surface area contributed by atoms with Crippen LogP contribution in [0.1, 0.15) is 50.1 Å². The molecule has 0 spiro atoms. The fraction of sp³-hybridized carbons (Fsp3) is 0.321. The van der Waals surface area contributed by atoms with Crippen LogP contribution in [0.15, 0.2) is 53.4 Å². The van der Waals surface area contributed by atoms with E-state index in [0.717, 1.165) is 35.4 Å². The summed E-state index contributed by atoms with van der Waals surface area (Å²) >= 11 is 1.29. The highest BCUT2D eigenvalue weighted by Crippen LogP contribution is 2.37. The third kappa shape index (κ3) is 5.47. The van der Waals surface area contributed by atoms with Gasteiger partial charge in [0.25, 0.3) is 21.8 Å². The molecule has 0 bridgehead atoms. The topological polar surface area (TPSA) is 125 Å². The lowest BCUT2D eigenvalue weighted by molar-refractivity contribution is 0.0924. The molecule has 2 N–H and O–H groups in total. The molecule has 0 saturated carbocycles. The Bertz CT molecular complexity index is 1570. The largest absolute Gasteiger partial charge is 0.450 e. The van der Waals surface area contributed by atoms with Crippen molar-refractivity contribution in [2.24, 2.45) is 0 Å². The number of likely N-dealkylation sites (N-methyl/N-ethyl adjacent to an activating group) is 1. The zero-order valence-corrected chi connectivity index (χ0v) is 23.9. The number of amides is 3. The van der Waals surface area contributed by atoms with Gasteiger partial charge in [-0.3, -0.25) is 19.2 Å². The van der Waals surface area contributed by atoms with Gasteiger partial charge >= 0.3 is 6.09 Å². The average molecular weight is 583 g/mol. The molecule has 2 aliphatic heterocycles. The van der Waals surface area contributed by atoms with Gasteiger partial charge in [0.2, 0.25) is 0 Å². The zero-order chi connectivity index (χ0) is 28.4. The fourth-order valence-electron chi connectivity index (χ4n) is 5.01. The maximum Gasteiger partial charge on any atom is 0.414 e. The first-order valence-electron chi connectivity index (χ1n) is 13.0. The van der Waals surface area contributed by atoms with Crippen molar-refractivity contribution >= 4 is 50.0 Å². The first-order valence-corrected chi connectivity index (χ1v) is 15.3. The Kier molecular flexibility index (Phi) is 7.92. The van der Waals surface area contributed by atoms with Crippen LogP contribution in [0.25, 0.3) is 0 Å². The molecule has 3 heterocycles. The molecule has 0 fully saturated rings. The van der Waals surface area contributed by atoms with E-state index in [2.05, 4.69) is 15.5 Å². The van der Waals surface area contributed by atoms with E-state index in [0.29, 0.717) is 30.2 Å². The van der Waals surface area contributed by atoms with Crippen LogP contribution in [-0.4, -0.2) is 58.0 Å². The number of nitrogens with zero attached hydrogens (tertiary/aromatic N) is 2. The molecule has 10 nitrogen and oxygen atoms in total. The lowest BCUT2D eigenvalue weighted by atomic mass is 10.0. The van der Waals surface area contributed by atoms with Gasteiger partial charge in [-0.15, -0.1) is 11.3 Å². The summed E-state index contributed by atoms with van der Waals surface area (Å²) in [7, 11) is -1.85. The molecule has 2 aliphatic rings. The third-order valence-corrected chi connectivity index (χ3v) is 9.92. The lowest BCUT2D eigenvalue weighted by Crippen LogP contribution is -2.35. The summed E-state index contributed by atoms with van der Waals surface area (Å²) in [4.78, 5) is 41.3. The normalized spacial score (nSPS) is 15.1. The van der Waals surface area contributed by atoms with Crippen molar-refractivity contribution in [2.45, 2.75) is 37.6 Å². The Morgan fingerprint density at radius 2 is 1.75 bits per heavy atom. The molecule has 210 valence electrons. The van der Waals surface area contributed by atoms with E-state index in [1.54, 1.807) is 6.92 Å². The van der Waals surface area contributed by atoms with Crippen LogP contribution in [0.2, 0.25) is 0 Å². The number of carbonyl (C=O) groups excluding carboxylic acids is 3. The minimum atomic E-state index is -3.82. The van der Waals surface area contributed by atoms with Gasteiger partial charge in [0.15, 0.2) is 0 Å². The van der Waals surface area contributed by atoms with Crippen molar-refractivity contribution in [2.75, 3.05) is 36.4 Å². The van der Waals surface area contributed by atoms with Gasteiger partial charge in [-0.1, -0.05) is 18.2 Å². The van der Waals surface area contributed by atoms with Gasteiger partial charge in [0, 0.05) is 30.1 Å². The Hall–Kier alpha value is -3.74. The first kappa shape index (κ1) is 27.8. The Labute approximate surface area is 237 Å². The number of anilines is 2. The minimum Gasteiger partial charge on any atom is -0.450 e. The highest BCUT2D eigenvalue weighted by molar-refractivity contribution is 7.92. The number of para-hydroxylation sites is 1. The van der Waals surface area contributed by atoms with Crippen LogP contribution in [-0.2, 0) is 34.1 Å². The zero-order valence-electron chi connectivity index (χ0n) is 22.2. The Balaban J connectivity index is 1.38. The number of hydrogen-bond acceptors (Lipinski definition) is 8. The summed E-state index contributed by atoms with van der Waals surface area (Å²) in [6.45, 7) is 3.48. The van der Waals surface area contributed by atoms with E-state index < -0.39 is 27.9 Å². The number of thiophene rings is 1. The summed E-state index contributed by atoms with van der Waals surface area (Å²) in [5.74, 6) is -1.14. The number of rotatable bonds is 6. The van der Waals surface area contributed by atoms with Crippen molar-refractivity contribution in [1.29, 1.82) is 0 Å². The van der Waals surface area contributed by atoms with E-state index in [4.69, 9.17) is 4.74 Å². The number of nitrogens with one attached hydrogen (secondary N) is 2. The molecule has 0 saturated heterocycles. The van der Waals surface area contributed by atoms with Crippen molar-refractivity contribution in [3.8, 4) is 0 Å². The summed E-state index contributed by atoms with van der Waals surface area (Å²) in [5.41, 5.74) is 2.94. The SMILES string of the molecule is CCOC(=O)NC(=O)c1c(NC(=O)c2ccc(S(=O)(=O)N3CCCc4ccccc43)cc2)sc2c1CCN(C)C2. The molecular formula is C28H30N4O6S2. The molecular weight excluding hydrogens is 552 g/mol. The third-order valence-electron chi connectivity index (χ3n) is 6.97. The summed E-state index contributed by atoms with van der Waals surface area (Å²) in [5, 5.41) is 5.37. The number of benzene rings is 2. The van der Waals surface area contributed by atoms with Gasteiger partial charge in [-0.2, -0.15) is 0 Å². The lowest BCUT2D eigenvalue weighted by Gasteiger charge is -2.30. The van der Waals surface area contributed by atoms with Crippen LogP contribution in [0.5, 0.6) is 0 Å². The van der Waals surface area contributed by atoms with E-state index in [1.165, 1.54) is 39.9 Å². The minimum absolute atomic E-state index is 0.0879. The van der Waals surface area contributed by atoms with Gasteiger partial charge in [0.05, 0.1) is 22.8 Å². The Morgan fingerprint density at radius 1 is 1.00 bits per heavy atom. The molecule has 5 rings (SSSR count). The second-order valence-electron chi connectivity index (χ2n) is 9.66. The maximum atomic E-state index is 13.5. The van der Waals surface area contributed by atoms with Crippen LogP contribution in [0, 0.1) is 0 Å². The molecule has 0 aliphatic carbocycles. The van der Waals surface area contributed by atoms with Gasteiger partial charge < -0.3 is 15.0 Å². The van der Waals surface area contributed by atoms with Crippen LogP contribution in [0.4, 0.5) is 15.5 Å². The van der Waals surface area contributed by atoms with Crippen molar-refractivity contribution in [3.63, 3.8) is 0 Å². The quantitative estimate of drug-likeness (QED) is 0.450. The number of aryl methyl sites for hydroxylation is 1. The number of sulfonamides is 1. The number of ether oxygens (including phenoxy) is 1. The van der Waals surface area contributed by atoms with Crippen LogP contribution in [0.3, 0.4) is 0 Å². The van der Waals surface area contributed by atoms with Crippen molar-refractivity contribution in [3.05, 3.63) is 75.7 Å². The standard InChI is InChI=1S/C28H30N4O6S2/c1-3-38-28(35)30-26(34)24-21-14-16-31(2)17-23(21)39-27(24)29-25(33)19-10-12-20(13-11-19)40(36,37)32-15-6-8-18-7-4-5-9-22(18)32/h4-5,7,9-13H,3,6,8,14-17H2,1-2H3,(H,29,33)(H,30,34,35).